The third-order valence-electron chi connectivity index (χ3n) is 4.53. The Kier molecular flexibility index (Phi) is 5.05. The van der Waals surface area contributed by atoms with Crippen molar-refractivity contribution in [2.24, 2.45) is 0 Å². The minimum absolute atomic E-state index is 0.103. The average molecular weight is 379 g/mol. The van der Waals surface area contributed by atoms with Gasteiger partial charge in [-0.2, -0.15) is 0 Å². The molecule has 0 spiro atoms. The van der Waals surface area contributed by atoms with Crippen molar-refractivity contribution in [3.63, 3.8) is 0 Å². The number of aryl methyl sites for hydroxylation is 2. The van der Waals surface area contributed by atoms with E-state index in [4.69, 9.17) is 0 Å². The lowest BCUT2D eigenvalue weighted by Crippen LogP contribution is -2.29. The quantitative estimate of drug-likeness (QED) is 0.628. The van der Waals surface area contributed by atoms with Gasteiger partial charge in [-0.3, -0.25) is 10.1 Å². The fourth-order valence-electron chi connectivity index (χ4n) is 3.17. The maximum absolute atomic E-state index is 12.8. The van der Waals surface area contributed by atoms with Crippen molar-refractivity contribution in [1.29, 1.82) is 0 Å². The molecule has 0 saturated heterocycles. The van der Waals surface area contributed by atoms with Crippen molar-refractivity contribution >= 4 is 15.7 Å². The van der Waals surface area contributed by atoms with Crippen LogP contribution in [0.1, 0.15) is 49.4 Å². The lowest BCUT2D eigenvalue weighted by atomic mass is 10.2. The molecule has 140 valence electrons. The molecule has 1 atom stereocenters. The highest BCUT2D eigenvalue weighted by Gasteiger charge is 2.26. The number of hydrogen-bond acceptors (Lipinski definition) is 6. The number of sulfonamides is 1. The molecule has 0 radical (unpaired) electrons. The number of hydrogen-bond donors (Lipinski definition) is 1. The molecule has 0 amide bonds. The fraction of sp³-hybridized carbons (Fsp3) is 0.500. The third-order valence-corrected chi connectivity index (χ3v) is 6.21. The van der Waals surface area contributed by atoms with E-state index in [2.05, 4.69) is 14.9 Å². The first-order valence-electron chi connectivity index (χ1n) is 8.49. The molecule has 10 heteroatoms. The second-order valence-electron chi connectivity index (χ2n) is 6.49. The molecule has 2 aromatic rings. The smallest absolute Gasteiger partial charge is 0.270 e. The SMILES string of the molecule is Cc1ccc([N+](=O)[O-])cc1S(=O)(=O)N[C@H](C)c1nnc2n1CCCCC2. The number of nitrogens with zero attached hydrogens (tertiary/aromatic N) is 4. The third kappa shape index (κ3) is 3.61. The van der Waals surface area contributed by atoms with E-state index >= 15 is 0 Å². The van der Waals surface area contributed by atoms with Gasteiger partial charge in [0.15, 0.2) is 5.82 Å². The lowest BCUT2D eigenvalue weighted by Gasteiger charge is -2.16. The normalized spacial score (nSPS) is 15.9. The van der Waals surface area contributed by atoms with E-state index in [1.165, 1.54) is 12.1 Å². The van der Waals surface area contributed by atoms with E-state index in [0.29, 0.717) is 11.4 Å². The van der Waals surface area contributed by atoms with Gasteiger partial charge in [0, 0.05) is 25.1 Å². The molecule has 3 rings (SSSR count). The van der Waals surface area contributed by atoms with Crippen LogP contribution in [0.2, 0.25) is 0 Å². The summed E-state index contributed by atoms with van der Waals surface area (Å²) in [4.78, 5) is 10.2. The Morgan fingerprint density at radius 2 is 2.04 bits per heavy atom. The van der Waals surface area contributed by atoms with E-state index in [0.717, 1.165) is 44.1 Å². The minimum Gasteiger partial charge on any atom is -0.314 e. The van der Waals surface area contributed by atoms with Crippen molar-refractivity contribution in [3.8, 4) is 0 Å². The first kappa shape index (κ1) is 18.5. The van der Waals surface area contributed by atoms with Crippen molar-refractivity contribution < 1.29 is 13.3 Å². The standard InChI is InChI=1S/C16H21N5O4S/c1-11-7-8-13(21(22)23)10-14(11)26(24,25)19-12(2)16-18-17-15-6-4-3-5-9-20(15)16/h7-8,10,12,19H,3-6,9H2,1-2H3/t12-/m1/s1. The molecule has 0 saturated carbocycles. The van der Waals surface area contributed by atoms with Crippen LogP contribution in [0.25, 0.3) is 0 Å². The van der Waals surface area contributed by atoms with Crippen molar-refractivity contribution in [2.45, 2.75) is 57.0 Å². The van der Waals surface area contributed by atoms with Gasteiger partial charge in [0.25, 0.3) is 5.69 Å². The molecular formula is C16H21N5O4S. The largest absolute Gasteiger partial charge is 0.314 e. The van der Waals surface area contributed by atoms with Crippen molar-refractivity contribution in [1.82, 2.24) is 19.5 Å². The van der Waals surface area contributed by atoms with Crippen LogP contribution >= 0.6 is 0 Å². The summed E-state index contributed by atoms with van der Waals surface area (Å²) in [5.74, 6) is 1.43. The molecule has 0 bridgehead atoms. The minimum atomic E-state index is -3.94. The Bertz CT molecular complexity index is 938. The summed E-state index contributed by atoms with van der Waals surface area (Å²) in [5.41, 5.74) is 0.176. The average Bonchev–Trinajstić information content (AvgIpc) is 2.83. The molecular weight excluding hydrogens is 358 g/mol. The zero-order valence-electron chi connectivity index (χ0n) is 14.7. The predicted molar refractivity (Wildman–Crippen MR) is 94.1 cm³/mol. The molecule has 1 aliphatic rings. The number of nitro benzene ring substituents is 1. The summed E-state index contributed by atoms with van der Waals surface area (Å²) in [6, 6.07) is 3.20. The summed E-state index contributed by atoms with van der Waals surface area (Å²) in [6.07, 6.45) is 3.98. The maximum Gasteiger partial charge on any atom is 0.270 e. The number of non-ortho nitro benzene ring substituents is 1. The number of nitro groups is 1. The van der Waals surface area contributed by atoms with Gasteiger partial charge in [0.2, 0.25) is 10.0 Å². The van der Waals surface area contributed by atoms with E-state index in [-0.39, 0.29) is 10.6 Å². The van der Waals surface area contributed by atoms with Gasteiger partial charge in [-0.25, -0.2) is 13.1 Å². The highest BCUT2D eigenvalue weighted by Crippen LogP contribution is 2.24. The molecule has 1 N–H and O–H groups in total. The highest BCUT2D eigenvalue weighted by molar-refractivity contribution is 7.89. The summed E-state index contributed by atoms with van der Waals surface area (Å²) in [7, 11) is -3.94. The molecule has 0 aliphatic carbocycles. The fourth-order valence-corrected chi connectivity index (χ4v) is 4.63. The molecule has 0 unspecified atom stereocenters. The summed E-state index contributed by atoms with van der Waals surface area (Å²) in [6.45, 7) is 4.07. The van der Waals surface area contributed by atoms with Gasteiger partial charge in [-0.1, -0.05) is 12.5 Å². The van der Waals surface area contributed by atoms with Crippen LogP contribution in [-0.4, -0.2) is 28.1 Å². The number of aromatic nitrogens is 3. The van der Waals surface area contributed by atoms with Gasteiger partial charge in [-0.05, 0) is 32.3 Å². The van der Waals surface area contributed by atoms with Gasteiger partial charge < -0.3 is 4.57 Å². The molecule has 1 aliphatic heterocycles. The Morgan fingerprint density at radius 3 is 2.77 bits per heavy atom. The Labute approximate surface area is 151 Å². The van der Waals surface area contributed by atoms with Gasteiger partial charge in [-0.15, -0.1) is 10.2 Å². The van der Waals surface area contributed by atoms with Crippen LogP contribution in [-0.2, 0) is 23.0 Å². The van der Waals surface area contributed by atoms with Gasteiger partial charge in [0.1, 0.15) is 5.82 Å². The van der Waals surface area contributed by atoms with Gasteiger partial charge >= 0.3 is 0 Å². The summed E-state index contributed by atoms with van der Waals surface area (Å²) >= 11 is 0. The first-order valence-corrected chi connectivity index (χ1v) is 9.97. The summed E-state index contributed by atoms with van der Waals surface area (Å²) in [5, 5.41) is 19.3. The van der Waals surface area contributed by atoms with E-state index in [9.17, 15) is 18.5 Å². The number of nitrogens with one attached hydrogen (secondary N) is 1. The molecule has 9 nitrogen and oxygen atoms in total. The van der Waals surface area contributed by atoms with Crippen molar-refractivity contribution in [2.75, 3.05) is 0 Å². The van der Waals surface area contributed by atoms with E-state index in [1.54, 1.807) is 13.8 Å². The highest BCUT2D eigenvalue weighted by atomic mass is 32.2. The topological polar surface area (TPSA) is 120 Å². The second-order valence-corrected chi connectivity index (χ2v) is 8.17. The van der Waals surface area contributed by atoms with Crippen LogP contribution in [0.15, 0.2) is 23.1 Å². The Balaban J connectivity index is 1.90. The number of fused-ring (bicyclic) bond motifs is 1. The zero-order chi connectivity index (χ0) is 18.9. The second kappa shape index (κ2) is 7.12. The number of rotatable bonds is 5. The van der Waals surface area contributed by atoms with E-state index < -0.39 is 21.0 Å². The molecule has 0 fully saturated rings. The summed E-state index contributed by atoms with van der Waals surface area (Å²) < 4.78 is 30.1. The molecule has 1 aromatic carbocycles. The molecule has 26 heavy (non-hydrogen) atoms. The predicted octanol–water partition coefficient (Wildman–Crippen LogP) is 2.26. The Morgan fingerprint density at radius 1 is 1.27 bits per heavy atom. The van der Waals surface area contributed by atoms with Crippen LogP contribution in [0.3, 0.4) is 0 Å². The van der Waals surface area contributed by atoms with Crippen LogP contribution < -0.4 is 4.72 Å². The van der Waals surface area contributed by atoms with Crippen LogP contribution in [0.4, 0.5) is 5.69 Å². The van der Waals surface area contributed by atoms with Crippen LogP contribution in [0.5, 0.6) is 0 Å². The first-order chi connectivity index (χ1) is 12.3. The lowest BCUT2D eigenvalue weighted by molar-refractivity contribution is -0.385. The monoisotopic (exact) mass is 379 g/mol. The molecule has 1 aromatic heterocycles. The van der Waals surface area contributed by atoms with Crippen molar-refractivity contribution in [3.05, 3.63) is 45.5 Å². The zero-order valence-corrected chi connectivity index (χ0v) is 15.5. The maximum atomic E-state index is 12.8. The van der Waals surface area contributed by atoms with E-state index in [1.807, 2.05) is 4.57 Å². The van der Waals surface area contributed by atoms with Crippen LogP contribution in [0, 0.1) is 17.0 Å². The molecule has 2 heterocycles. The number of benzene rings is 1. The Hall–Kier alpha value is -2.33. The van der Waals surface area contributed by atoms with Gasteiger partial charge in [0.05, 0.1) is 15.9 Å².